The Morgan fingerprint density at radius 1 is 0.878 bits per heavy atom. The van der Waals surface area contributed by atoms with E-state index in [1.54, 1.807) is 43.5 Å². The number of methoxy groups -OCH3 is 1. The molecule has 0 unspecified atom stereocenters. The van der Waals surface area contributed by atoms with Gasteiger partial charge in [-0.1, -0.05) is 30.3 Å². The van der Waals surface area contributed by atoms with Crippen LogP contribution in [-0.2, 0) is 10.0 Å². The van der Waals surface area contributed by atoms with E-state index in [1.807, 2.05) is 60.7 Å². The number of sulfonamides is 1. The minimum atomic E-state index is -3.86. The predicted octanol–water partition coefficient (Wildman–Crippen LogP) is 4.75. The van der Waals surface area contributed by atoms with Crippen molar-refractivity contribution in [2.45, 2.75) is 4.90 Å². The average Bonchev–Trinajstić information content (AvgIpc) is 3.43. The summed E-state index contributed by atoms with van der Waals surface area (Å²) in [5.74, 6) is 1.47. The smallest absolute Gasteiger partial charge is 0.291 e. The zero-order chi connectivity index (χ0) is 28.8. The maximum atomic E-state index is 13.0. The molecule has 0 spiro atoms. The summed E-state index contributed by atoms with van der Waals surface area (Å²) in [6.07, 6.45) is 1.50. The van der Waals surface area contributed by atoms with Crippen molar-refractivity contribution in [1.82, 2.24) is 15.2 Å². The second-order valence-corrected chi connectivity index (χ2v) is 10.3. The molecule has 0 radical (unpaired) electrons. The molecule has 206 valence electrons. The third-order valence-corrected chi connectivity index (χ3v) is 6.88. The van der Waals surface area contributed by atoms with Crippen molar-refractivity contribution in [3.63, 3.8) is 0 Å². The van der Waals surface area contributed by atoms with Crippen molar-refractivity contribution < 1.29 is 22.7 Å². The molecule has 0 bridgehead atoms. The number of carbonyl (C=O) groups excluding carboxylic acids is 1. The highest BCUT2D eigenvalue weighted by molar-refractivity contribution is 7.89. The van der Waals surface area contributed by atoms with Crippen molar-refractivity contribution >= 4 is 22.1 Å². The Hall–Kier alpha value is -5.26. The zero-order valence-electron chi connectivity index (χ0n) is 21.8. The fraction of sp³-hybridized carbons (Fsp3) is 0.0333. The first-order valence-corrected chi connectivity index (χ1v) is 13.9. The Morgan fingerprint density at radius 3 is 2.27 bits per heavy atom. The lowest BCUT2D eigenvalue weighted by molar-refractivity contribution is 0.0949. The van der Waals surface area contributed by atoms with Crippen LogP contribution in [0.4, 0.5) is 0 Å². The maximum Gasteiger partial charge on any atom is 0.291 e. The van der Waals surface area contributed by atoms with E-state index in [-0.39, 0.29) is 10.6 Å². The van der Waals surface area contributed by atoms with Crippen LogP contribution in [0.25, 0.3) is 16.9 Å². The molecule has 11 heteroatoms. The Labute approximate surface area is 236 Å². The average molecular weight is 568 g/mol. The first kappa shape index (κ1) is 27.3. The van der Waals surface area contributed by atoms with Gasteiger partial charge in [-0.05, 0) is 84.4 Å². The minimum absolute atomic E-state index is 0.0371. The van der Waals surface area contributed by atoms with Crippen LogP contribution in [0.1, 0.15) is 16.1 Å². The minimum Gasteiger partial charge on any atom is -0.497 e. The van der Waals surface area contributed by atoms with Gasteiger partial charge in [0, 0.05) is 5.56 Å². The number of nitrogens with two attached hydrogens (primary N) is 1. The fourth-order valence-corrected chi connectivity index (χ4v) is 4.45. The van der Waals surface area contributed by atoms with E-state index >= 15 is 0 Å². The number of hydrazone groups is 1. The van der Waals surface area contributed by atoms with E-state index < -0.39 is 15.9 Å². The summed E-state index contributed by atoms with van der Waals surface area (Å²) in [7, 11) is -2.29. The SMILES string of the molecule is COc1ccc(-c2cc(C(=O)N/N=C/c3cccc(Oc4ccccc4)c3)nn2-c2ccc(S(N)(=O)=O)cc2)cc1. The van der Waals surface area contributed by atoms with Crippen LogP contribution in [0, 0.1) is 0 Å². The highest BCUT2D eigenvalue weighted by Crippen LogP contribution is 2.27. The van der Waals surface area contributed by atoms with E-state index in [0.29, 0.717) is 28.6 Å². The molecule has 1 aromatic heterocycles. The van der Waals surface area contributed by atoms with Crippen molar-refractivity contribution in [1.29, 1.82) is 0 Å². The second kappa shape index (κ2) is 11.9. The van der Waals surface area contributed by atoms with Gasteiger partial charge in [0.2, 0.25) is 10.0 Å². The van der Waals surface area contributed by atoms with Gasteiger partial charge in [0.1, 0.15) is 17.2 Å². The van der Waals surface area contributed by atoms with Crippen LogP contribution in [-0.4, -0.2) is 37.4 Å². The molecule has 5 aromatic rings. The molecule has 0 aliphatic carbocycles. The number of rotatable bonds is 9. The lowest BCUT2D eigenvalue weighted by atomic mass is 10.1. The van der Waals surface area contributed by atoms with Crippen molar-refractivity contribution in [3.8, 4) is 34.2 Å². The van der Waals surface area contributed by atoms with Gasteiger partial charge in [0.25, 0.3) is 5.91 Å². The van der Waals surface area contributed by atoms with Gasteiger partial charge in [-0.15, -0.1) is 0 Å². The quantitative estimate of drug-likeness (QED) is 0.195. The molecule has 41 heavy (non-hydrogen) atoms. The zero-order valence-corrected chi connectivity index (χ0v) is 22.7. The summed E-state index contributed by atoms with van der Waals surface area (Å²) < 4.78 is 36.0. The third kappa shape index (κ3) is 6.67. The van der Waals surface area contributed by atoms with Crippen LogP contribution in [0.2, 0.25) is 0 Å². The molecule has 4 aromatic carbocycles. The molecule has 0 saturated heterocycles. The van der Waals surface area contributed by atoms with E-state index in [2.05, 4.69) is 15.6 Å². The Bertz CT molecular complexity index is 1800. The van der Waals surface area contributed by atoms with Gasteiger partial charge >= 0.3 is 0 Å². The van der Waals surface area contributed by atoms with Crippen LogP contribution < -0.4 is 20.0 Å². The molecular formula is C30H25N5O5S. The summed E-state index contributed by atoms with van der Waals surface area (Å²) >= 11 is 0. The molecule has 3 N–H and O–H groups in total. The van der Waals surface area contributed by atoms with E-state index in [9.17, 15) is 13.2 Å². The van der Waals surface area contributed by atoms with Crippen molar-refractivity contribution in [2.75, 3.05) is 7.11 Å². The topological polar surface area (TPSA) is 138 Å². The van der Waals surface area contributed by atoms with Gasteiger partial charge < -0.3 is 9.47 Å². The Balaban J connectivity index is 1.38. The highest BCUT2D eigenvalue weighted by atomic mass is 32.2. The van der Waals surface area contributed by atoms with Crippen molar-refractivity contribution in [3.05, 3.63) is 120 Å². The number of primary sulfonamides is 1. The molecule has 1 amide bonds. The molecular weight excluding hydrogens is 542 g/mol. The number of aromatic nitrogens is 2. The molecule has 0 fully saturated rings. The monoisotopic (exact) mass is 567 g/mol. The standard InChI is InChI=1S/C30H25N5O5S/c1-39-24-14-10-22(11-15-24)29-19-28(34-35(29)23-12-16-27(17-13-23)41(31,37)38)30(36)33-32-20-21-6-5-9-26(18-21)40-25-7-3-2-4-8-25/h2-20H,1H3,(H,33,36)(H2,31,37,38)/b32-20+. The summed E-state index contributed by atoms with van der Waals surface area (Å²) in [5.41, 5.74) is 5.21. The third-order valence-electron chi connectivity index (χ3n) is 5.95. The number of nitrogens with zero attached hydrogens (tertiary/aromatic N) is 3. The summed E-state index contributed by atoms with van der Waals surface area (Å²) in [5, 5.41) is 13.8. The Morgan fingerprint density at radius 2 is 1.59 bits per heavy atom. The largest absolute Gasteiger partial charge is 0.497 e. The van der Waals surface area contributed by atoms with E-state index in [1.165, 1.54) is 23.0 Å². The first-order valence-electron chi connectivity index (χ1n) is 12.3. The number of carbonyl (C=O) groups is 1. The molecule has 0 saturated carbocycles. The fourth-order valence-electron chi connectivity index (χ4n) is 3.94. The molecule has 10 nitrogen and oxygen atoms in total. The molecule has 5 rings (SSSR count). The molecule has 1 heterocycles. The molecule has 0 aliphatic heterocycles. The number of para-hydroxylation sites is 1. The van der Waals surface area contributed by atoms with Crippen LogP contribution in [0.15, 0.2) is 119 Å². The number of amides is 1. The number of hydrogen-bond acceptors (Lipinski definition) is 7. The first-order chi connectivity index (χ1) is 19.8. The predicted molar refractivity (Wildman–Crippen MR) is 155 cm³/mol. The summed E-state index contributed by atoms with van der Waals surface area (Å²) in [4.78, 5) is 13.0. The van der Waals surface area contributed by atoms with E-state index in [4.69, 9.17) is 14.6 Å². The number of benzene rings is 4. The van der Waals surface area contributed by atoms with Crippen LogP contribution >= 0.6 is 0 Å². The van der Waals surface area contributed by atoms with E-state index in [0.717, 1.165) is 11.1 Å². The number of nitrogens with one attached hydrogen (secondary N) is 1. The lowest BCUT2D eigenvalue weighted by Gasteiger charge is -2.09. The molecule has 0 atom stereocenters. The van der Waals surface area contributed by atoms with Crippen LogP contribution in [0.5, 0.6) is 17.2 Å². The van der Waals surface area contributed by atoms with Crippen LogP contribution in [0.3, 0.4) is 0 Å². The van der Waals surface area contributed by atoms with Gasteiger partial charge in [-0.2, -0.15) is 10.2 Å². The normalized spacial score (nSPS) is 11.4. The maximum absolute atomic E-state index is 13.0. The summed E-state index contributed by atoms with van der Waals surface area (Å²) in [6.45, 7) is 0. The van der Waals surface area contributed by atoms with Gasteiger partial charge in [0.05, 0.1) is 29.6 Å². The Kier molecular flexibility index (Phi) is 7.90. The lowest BCUT2D eigenvalue weighted by Crippen LogP contribution is -2.18. The summed E-state index contributed by atoms with van der Waals surface area (Å²) in [6, 6.07) is 31.4. The highest BCUT2D eigenvalue weighted by Gasteiger charge is 2.17. The van der Waals surface area contributed by atoms with Crippen molar-refractivity contribution in [2.24, 2.45) is 10.2 Å². The molecule has 0 aliphatic rings. The van der Waals surface area contributed by atoms with Gasteiger partial charge in [-0.3, -0.25) is 4.79 Å². The number of ether oxygens (including phenoxy) is 2. The number of hydrogen-bond donors (Lipinski definition) is 2. The van der Waals surface area contributed by atoms with Gasteiger partial charge in [0.15, 0.2) is 5.69 Å². The second-order valence-electron chi connectivity index (χ2n) is 8.78. The van der Waals surface area contributed by atoms with Gasteiger partial charge in [-0.25, -0.2) is 23.7 Å².